The summed E-state index contributed by atoms with van der Waals surface area (Å²) in [4.78, 5) is 25.4. The van der Waals surface area contributed by atoms with E-state index in [1.807, 2.05) is 0 Å². The molecule has 1 amide bonds. The Morgan fingerprint density at radius 2 is 2.13 bits per heavy atom. The van der Waals surface area contributed by atoms with Gasteiger partial charge in [-0.2, -0.15) is 0 Å². The topological polar surface area (TPSA) is 115 Å². The second-order valence-electron chi connectivity index (χ2n) is 7.77. The molecular weight excluding hydrogens is 420 g/mol. The molecule has 2 aliphatic heterocycles. The molecule has 1 N–H and O–H groups in total. The summed E-state index contributed by atoms with van der Waals surface area (Å²) in [6, 6.07) is 4.65. The summed E-state index contributed by atoms with van der Waals surface area (Å²) in [5.74, 6) is 0.722. The number of thioether (sulfide) groups is 1. The Morgan fingerprint density at radius 3 is 2.84 bits per heavy atom. The van der Waals surface area contributed by atoms with Crippen molar-refractivity contribution in [2.24, 2.45) is 0 Å². The minimum atomic E-state index is -0.451. The normalized spacial score (nSPS) is 18.5. The quantitative estimate of drug-likeness (QED) is 0.374. The van der Waals surface area contributed by atoms with Crippen molar-refractivity contribution >= 4 is 35.0 Å². The predicted molar refractivity (Wildman–Crippen MR) is 118 cm³/mol. The number of benzene rings is 1. The van der Waals surface area contributed by atoms with E-state index in [-0.39, 0.29) is 23.5 Å². The van der Waals surface area contributed by atoms with Crippen LogP contribution in [0.15, 0.2) is 23.4 Å². The van der Waals surface area contributed by atoms with Gasteiger partial charge in [0.2, 0.25) is 11.9 Å². The van der Waals surface area contributed by atoms with E-state index in [0.717, 1.165) is 51.3 Å². The van der Waals surface area contributed by atoms with Crippen LogP contribution in [0.5, 0.6) is 0 Å². The summed E-state index contributed by atoms with van der Waals surface area (Å²) in [6.07, 6.45) is 4.48. The van der Waals surface area contributed by atoms with E-state index in [1.165, 1.54) is 17.8 Å². The minimum Gasteiger partial charge on any atom is -0.376 e. The Bertz CT molecular complexity index is 953. The number of ether oxygens (including phenoxy) is 1. The molecule has 1 atom stereocenters. The molecule has 1 aromatic heterocycles. The van der Waals surface area contributed by atoms with Crippen molar-refractivity contribution in [1.29, 1.82) is 0 Å². The van der Waals surface area contributed by atoms with Gasteiger partial charge in [0.15, 0.2) is 5.16 Å². The van der Waals surface area contributed by atoms with Gasteiger partial charge in [0, 0.05) is 25.8 Å². The molecule has 2 fully saturated rings. The van der Waals surface area contributed by atoms with Crippen molar-refractivity contribution in [3.05, 3.63) is 33.9 Å². The van der Waals surface area contributed by atoms with E-state index in [1.54, 1.807) is 19.1 Å². The second-order valence-corrected chi connectivity index (χ2v) is 8.71. The molecule has 0 radical (unpaired) electrons. The number of nitro groups is 1. The molecule has 10 nitrogen and oxygen atoms in total. The molecular formula is C20H26N6O4S. The van der Waals surface area contributed by atoms with Gasteiger partial charge in [-0.25, -0.2) is 0 Å². The molecule has 2 aromatic rings. The van der Waals surface area contributed by atoms with Crippen LogP contribution < -0.4 is 10.2 Å². The van der Waals surface area contributed by atoms with Gasteiger partial charge in [-0.3, -0.25) is 19.5 Å². The maximum absolute atomic E-state index is 12.5. The summed E-state index contributed by atoms with van der Waals surface area (Å²) in [6.45, 7) is 5.00. The van der Waals surface area contributed by atoms with E-state index in [0.29, 0.717) is 23.0 Å². The van der Waals surface area contributed by atoms with Crippen molar-refractivity contribution in [2.45, 2.75) is 50.4 Å². The van der Waals surface area contributed by atoms with E-state index in [2.05, 4.69) is 25.0 Å². The SMILES string of the molecule is Cc1c(NC(=O)CSc2nnc(N3CCCC3)n2C[C@@H]2CCCO2)cccc1[N+](=O)[O-]. The van der Waals surface area contributed by atoms with E-state index in [9.17, 15) is 14.9 Å². The van der Waals surface area contributed by atoms with Crippen LogP contribution in [-0.2, 0) is 16.1 Å². The molecule has 0 aliphatic carbocycles. The highest BCUT2D eigenvalue weighted by atomic mass is 32.2. The van der Waals surface area contributed by atoms with E-state index >= 15 is 0 Å². The van der Waals surface area contributed by atoms with Gasteiger partial charge in [-0.15, -0.1) is 10.2 Å². The number of amides is 1. The third-order valence-corrected chi connectivity index (χ3v) is 6.57. The first-order valence-corrected chi connectivity index (χ1v) is 11.5. The number of nitrogens with one attached hydrogen (secondary N) is 1. The van der Waals surface area contributed by atoms with Gasteiger partial charge in [0.25, 0.3) is 5.69 Å². The maximum atomic E-state index is 12.5. The first-order chi connectivity index (χ1) is 15.0. The monoisotopic (exact) mass is 446 g/mol. The van der Waals surface area contributed by atoms with Gasteiger partial charge >= 0.3 is 0 Å². The van der Waals surface area contributed by atoms with Crippen LogP contribution in [0.3, 0.4) is 0 Å². The number of hydrogen-bond donors (Lipinski definition) is 1. The van der Waals surface area contributed by atoms with E-state index < -0.39 is 4.92 Å². The Morgan fingerprint density at radius 1 is 1.32 bits per heavy atom. The van der Waals surface area contributed by atoms with Crippen LogP contribution in [0.4, 0.5) is 17.3 Å². The maximum Gasteiger partial charge on any atom is 0.274 e. The summed E-state index contributed by atoms with van der Waals surface area (Å²) < 4.78 is 7.88. The standard InChI is InChI=1S/C20H26N6O4S/c1-14-16(7-4-8-17(14)26(28)29)21-18(27)13-31-20-23-22-19(24-9-2-3-10-24)25(20)12-15-6-5-11-30-15/h4,7-8,15H,2-3,5-6,9-13H2,1H3,(H,21,27)/t15-/m0/s1. The van der Waals surface area contributed by atoms with Gasteiger partial charge in [-0.05, 0) is 38.7 Å². The highest BCUT2D eigenvalue weighted by molar-refractivity contribution is 7.99. The molecule has 11 heteroatoms. The number of nitro benzene ring substituents is 1. The van der Waals surface area contributed by atoms with E-state index in [4.69, 9.17) is 4.74 Å². The molecule has 1 aromatic carbocycles. The summed E-state index contributed by atoms with van der Waals surface area (Å²) in [5, 5.41) is 23.3. The lowest BCUT2D eigenvalue weighted by atomic mass is 10.1. The zero-order chi connectivity index (χ0) is 21.8. The second kappa shape index (κ2) is 9.65. The van der Waals surface area contributed by atoms with Gasteiger partial charge in [-0.1, -0.05) is 17.8 Å². The molecule has 2 aliphatic rings. The molecule has 3 heterocycles. The van der Waals surface area contributed by atoms with Crippen molar-refractivity contribution < 1.29 is 14.5 Å². The summed E-state index contributed by atoms with van der Waals surface area (Å²) in [5.41, 5.74) is 0.860. The number of carbonyl (C=O) groups excluding carboxylic acids is 1. The van der Waals surface area contributed by atoms with Gasteiger partial charge in [0.05, 0.1) is 34.6 Å². The number of carbonyl (C=O) groups is 1. The number of rotatable bonds is 8. The highest BCUT2D eigenvalue weighted by Crippen LogP contribution is 2.28. The average molecular weight is 447 g/mol. The molecule has 4 rings (SSSR count). The lowest BCUT2D eigenvalue weighted by Gasteiger charge is -2.20. The summed E-state index contributed by atoms with van der Waals surface area (Å²) >= 11 is 1.31. The highest BCUT2D eigenvalue weighted by Gasteiger charge is 2.25. The molecule has 2 saturated heterocycles. The zero-order valence-electron chi connectivity index (χ0n) is 17.5. The van der Waals surface area contributed by atoms with Crippen LogP contribution in [0.2, 0.25) is 0 Å². The molecule has 0 spiro atoms. The molecule has 166 valence electrons. The fourth-order valence-corrected chi connectivity index (χ4v) is 4.71. The number of hydrogen-bond acceptors (Lipinski definition) is 8. The molecule has 0 unspecified atom stereocenters. The third kappa shape index (κ3) is 4.99. The lowest BCUT2D eigenvalue weighted by molar-refractivity contribution is -0.385. The Labute approximate surface area is 184 Å². The summed E-state index contributed by atoms with van der Waals surface area (Å²) in [7, 11) is 0. The van der Waals surface area contributed by atoms with Crippen LogP contribution in [0.1, 0.15) is 31.2 Å². The van der Waals surface area contributed by atoms with Crippen molar-refractivity contribution in [3.63, 3.8) is 0 Å². The van der Waals surface area contributed by atoms with Crippen LogP contribution in [-0.4, -0.2) is 57.1 Å². The zero-order valence-corrected chi connectivity index (χ0v) is 18.3. The number of nitrogens with zero attached hydrogens (tertiary/aromatic N) is 5. The molecule has 0 saturated carbocycles. The third-order valence-electron chi connectivity index (χ3n) is 5.60. The fraction of sp³-hybridized carbons (Fsp3) is 0.550. The van der Waals surface area contributed by atoms with Crippen LogP contribution >= 0.6 is 11.8 Å². The predicted octanol–water partition coefficient (Wildman–Crippen LogP) is 3.00. The van der Waals surface area contributed by atoms with Crippen molar-refractivity contribution in [2.75, 3.05) is 35.7 Å². The first-order valence-electron chi connectivity index (χ1n) is 10.5. The minimum absolute atomic E-state index is 0.0167. The van der Waals surface area contributed by atoms with Crippen LogP contribution in [0.25, 0.3) is 0 Å². The Hall–Kier alpha value is -2.66. The number of anilines is 2. The van der Waals surface area contributed by atoms with Gasteiger partial charge < -0.3 is 15.0 Å². The largest absolute Gasteiger partial charge is 0.376 e. The number of aromatic nitrogens is 3. The van der Waals surface area contributed by atoms with Crippen LogP contribution in [0, 0.1) is 17.0 Å². The van der Waals surface area contributed by atoms with Gasteiger partial charge in [0.1, 0.15) is 0 Å². The molecule has 31 heavy (non-hydrogen) atoms. The average Bonchev–Trinajstić information content (AvgIpc) is 3.50. The smallest absolute Gasteiger partial charge is 0.274 e. The van der Waals surface area contributed by atoms with Crippen molar-refractivity contribution in [3.8, 4) is 0 Å². The Balaban J connectivity index is 1.44. The lowest BCUT2D eigenvalue weighted by Crippen LogP contribution is -2.25. The Kier molecular flexibility index (Phi) is 6.71. The fourth-order valence-electron chi connectivity index (χ4n) is 3.96. The molecule has 0 bridgehead atoms. The first kappa shape index (κ1) is 21.6. The van der Waals surface area contributed by atoms with Crippen molar-refractivity contribution in [1.82, 2.24) is 14.8 Å².